The van der Waals surface area contributed by atoms with Gasteiger partial charge in [-0.2, -0.15) is 0 Å². The van der Waals surface area contributed by atoms with Crippen LogP contribution in [-0.4, -0.2) is 18.3 Å². The van der Waals surface area contributed by atoms with Crippen molar-refractivity contribution >= 4 is 12.3 Å². The summed E-state index contributed by atoms with van der Waals surface area (Å²) in [5.41, 5.74) is 9.53. The Morgan fingerprint density at radius 1 is 1.12 bits per heavy atom. The van der Waals surface area contributed by atoms with Crippen molar-refractivity contribution < 1.29 is 21.1 Å². The molecule has 0 saturated heterocycles. The molecule has 0 radical (unpaired) electrons. The predicted octanol–water partition coefficient (Wildman–Crippen LogP) is 4.81. The standard InChI is InChI=1S/C13H17N2.C9H10.Pt/c14-12-8-4-5-9-13(12)15-10-11-6-2-1-3-7-11;1-3-9-6-4-8(2)5-7-9;/h1-3,6,10,12-13H,4-5,8-9,14H2;3-7H,1H2,2H3;/q-1;;. The van der Waals surface area contributed by atoms with Crippen molar-refractivity contribution in [3.63, 3.8) is 0 Å². The second-order valence-corrected chi connectivity index (χ2v) is 6.23. The Balaban J connectivity index is 0.000000270. The first-order valence-corrected chi connectivity index (χ1v) is 8.63. The SMILES string of the molecule is C=Cc1ccc(C)cc1.NC1CCCCC1N=Cc1[c-]cccc1.[Pt]. The van der Waals surface area contributed by atoms with Crippen molar-refractivity contribution in [3.05, 3.63) is 77.9 Å². The molecule has 2 aromatic carbocycles. The Morgan fingerprint density at radius 3 is 2.44 bits per heavy atom. The summed E-state index contributed by atoms with van der Waals surface area (Å²) in [6.45, 7) is 5.74. The molecule has 0 aliphatic heterocycles. The van der Waals surface area contributed by atoms with E-state index in [9.17, 15) is 0 Å². The molecular weight excluding hydrogens is 487 g/mol. The Hall–Kier alpha value is -1.50. The maximum Gasteiger partial charge on any atom is 0.0544 e. The quantitative estimate of drug-likeness (QED) is 0.464. The fraction of sp³-hybridized carbons (Fsp3) is 0.318. The summed E-state index contributed by atoms with van der Waals surface area (Å²) in [6.07, 6.45) is 8.50. The van der Waals surface area contributed by atoms with Crippen molar-refractivity contribution in [3.8, 4) is 0 Å². The molecule has 2 unspecified atom stereocenters. The van der Waals surface area contributed by atoms with Crippen LogP contribution in [0, 0.1) is 13.0 Å². The fourth-order valence-corrected chi connectivity index (χ4v) is 2.69. The maximum atomic E-state index is 6.02. The third kappa shape index (κ3) is 7.94. The van der Waals surface area contributed by atoms with Crippen molar-refractivity contribution in [1.29, 1.82) is 0 Å². The van der Waals surface area contributed by atoms with Crippen LogP contribution < -0.4 is 5.73 Å². The summed E-state index contributed by atoms with van der Waals surface area (Å²) < 4.78 is 0. The molecule has 3 heteroatoms. The van der Waals surface area contributed by atoms with Crippen LogP contribution in [0.5, 0.6) is 0 Å². The van der Waals surface area contributed by atoms with Gasteiger partial charge in [-0.1, -0.05) is 61.5 Å². The zero-order valence-electron chi connectivity index (χ0n) is 14.8. The minimum atomic E-state index is 0. The van der Waals surface area contributed by atoms with E-state index < -0.39 is 0 Å². The zero-order chi connectivity index (χ0) is 17.2. The molecule has 2 aromatic rings. The number of aliphatic imine (C=N–C) groups is 1. The predicted molar refractivity (Wildman–Crippen MR) is 104 cm³/mol. The van der Waals surface area contributed by atoms with Crippen molar-refractivity contribution in [2.45, 2.75) is 44.7 Å². The summed E-state index contributed by atoms with van der Waals surface area (Å²) in [6, 6.07) is 19.8. The molecule has 0 spiro atoms. The molecular formula is C22H27N2Pt-. The first-order valence-electron chi connectivity index (χ1n) is 8.63. The van der Waals surface area contributed by atoms with Gasteiger partial charge in [-0.15, -0.1) is 35.9 Å². The molecule has 2 N–H and O–H groups in total. The minimum Gasteiger partial charge on any atom is -0.336 e. The smallest absolute Gasteiger partial charge is 0.0544 e. The van der Waals surface area contributed by atoms with E-state index in [-0.39, 0.29) is 27.1 Å². The van der Waals surface area contributed by atoms with Gasteiger partial charge in [0.05, 0.1) is 6.04 Å². The Labute approximate surface area is 166 Å². The van der Waals surface area contributed by atoms with E-state index in [4.69, 9.17) is 5.73 Å². The molecule has 3 rings (SSSR count). The summed E-state index contributed by atoms with van der Waals surface area (Å²) in [5.74, 6) is 0. The summed E-state index contributed by atoms with van der Waals surface area (Å²) in [7, 11) is 0. The van der Waals surface area contributed by atoms with Gasteiger partial charge in [-0.25, -0.2) is 0 Å². The van der Waals surface area contributed by atoms with Crippen LogP contribution in [0.1, 0.15) is 42.4 Å². The first-order chi connectivity index (χ1) is 11.7. The molecule has 0 amide bonds. The van der Waals surface area contributed by atoms with Gasteiger partial charge in [0.15, 0.2) is 0 Å². The average Bonchev–Trinajstić information content (AvgIpc) is 2.63. The van der Waals surface area contributed by atoms with Crippen LogP contribution in [-0.2, 0) is 21.1 Å². The van der Waals surface area contributed by atoms with Gasteiger partial charge >= 0.3 is 0 Å². The van der Waals surface area contributed by atoms with Gasteiger partial charge in [0.1, 0.15) is 0 Å². The second kappa shape index (κ2) is 11.9. The van der Waals surface area contributed by atoms with Crippen LogP contribution in [0.25, 0.3) is 6.08 Å². The minimum absolute atomic E-state index is 0. The number of hydrogen-bond donors (Lipinski definition) is 1. The van der Waals surface area contributed by atoms with Gasteiger partial charge < -0.3 is 10.7 Å². The van der Waals surface area contributed by atoms with E-state index in [1.54, 1.807) is 0 Å². The van der Waals surface area contributed by atoms with Crippen LogP contribution in [0.15, 0.2) is 60.1 Å². The second-order valence-electron chi connectivity index (χ2n) is 6.23. The Bertz CT molecular complexity index is 635. The number of nitrogens with two attached hydrogens (primary N) is 1. The van der Waals surface area contributed by atoms with E-state index >= 15 is 0 Å². The zero-order valence-corrected chi connectivity index (χ0v) is 17.1. The van der Waals surface area contributed by atoms with Gasteiger partial charge in [0.25, 0.3) is 0 Å². The molecule has 1 aliphatic rings. The molecule has 0 heterocycles. The van der Waals surface area contributed by atoms with E-state index in [0.717, 1.165) is 18.4 Å². The molecule has 1 saturated carbocycles. The molecule has 2 nitrogen and oxygen atoms in total. The van der Waals surface area contributed by atoms with E-state index in [2.05, 4.69) is 48.8 Å². The average molecular weight is 515 g/mol. The van der Waals surface area contributed by atoms with Crippen LogP contribution in [0.4, 0.5) is 0 Å². The molecule has 2 atom stereocenters. The number of hydrogen-bond acceptors (Lipinski definition) is 2. The Morgan fingerprint density at radius 2 is 1.84 bits per heavy atom. The number of nitrogens with zero attached hydrogens (tertiary/aromatic N) is 1. The van der Waals surface area contributed by atoms with Gasteiger partial charge in [-0.3, -0.25) is 0 Å². The van der Waals surface area contributed by atoms with Gasteiger partial charge in [0, 0.05) is 27.1 Å². The van der Waals surface area contributed by atoms with Crippen LogP contribution in [0.3, 0.4) is 0 Å². The van der Waals surface area contributed by atoms with Crippen LogP contribution in [0.2, 0.25) is 0 Å². The third-order valence-electron chi connectivity index (χ3n) is 4.23. The van der Waals surface area contributed by atoms with Crippen molar-refractivity contribution in [2.75, 3.05) is 0 Å². The van der Waals surface area contributed by atoms with Crippen molar-refractivity contribution in [1.82, 2.24) is 0 Å². The summed E-state index contributed by atoms with van der Waals surface area (Å²) in [5, 5.41) is 0. The number of aryl methyl sites for hydroxylation is 1. The molecule has 25 heavy (non-hydrogen) atoms. The largest absolute Gasteiger partial charge is 0.336 e. The fourth-order valence-electron chi connectivity index (χ4n) is 2.69. The normalized spacial score (nSPS) is 19.4. The topological polar surface area (TPSA) is 38.4 Å². The Kier molecular flexibility index (Phi) is 10.3. The molecule has 0 aromatic heterocycles. The van der Waals surface area contributed by atoms with E-state index in [1.807, 2.05) is 36.6 Å². The summed E-state index contributed by atoms with van der Waals surface area (Å²) in [4.78, 5) is 4.55. The monoisotopic (exact) mass is 514 g/mol. The van der Waals surface area contributed by atoms with E-state index in [1.165, 1.54) is 24.0 Å². The maximum absolute atomic E-state index is 6.02. The number of rotatable bonds is 3. The molecule has 0 bridgehead atoms. The van der Waals surface area contributed by atoms with Crippen LogP contribution >= 0.6 is 0 Å². The summed E-state index contributed by atoms with van der Waals surface area (Å²) >= 11 is 0. The first kappa shape index (κ1) is 21.5. The van der Waals surface area contributed by atoms with E-state index in [0.29, 0.717) is 6.04 Å². The molecule has 136 valence electrons. The van der Waals surface area contributed by atoms with Crippen molar-refractivity contribution in [2.24, 2.45) is 10.7 Å². The number of benzene rings is 2. The third-order valence-corrected chi connectivity index (χ3v) is 4.23. The molecule has 1 aliphatic carbocycles. The van der Waals surface area contributed by atoms with Gasteiger partial charge in [-0.05, 0) is 25.3 Å². The molecule has 1 fully saturated rings. The van der Waals surface area contributed by atoms with Gasteiger partial charge in [0.2, 0.25) is 0 Å².